The third-order valence-corrected chi connectivity index (χ3v) is 2.70. The minimum atomic E-state index is -0.711. The van der Waals surface area contributed by atoms with E-state index in [0.29, 0.717) is 19.6 Å². The molecule has 1 heterocycles. The van der Waals surface area contributed by atoms with Crippen molar-refractivity contribution in [2.45, 2.75) is 19.1 Å². The Kier molecular flexibility index (Phi) is 3.86. The summed E-state index contributed by atoms with van der Waals surface area (Å²) in [4.78, 5) is 1.85. The lowest BCUT2D eigenvalue weighted by molar-refractivity contribution is 0.0376. The molecule has 1 aliphatic rings. The zero-order valence-electron chi connectivity index (χ0n) is 8.43. The van der Waals surface area contributed by atoms with Crippen LogP contribution in [0.1, 0.15) is 6.92 Å². The molecular formula is C9H19NO4. The SMILES string of the molecule is CC(CO)(CO)CN1CC(O)C(O)C1. The first-order valence-electron chi connectivity index (χ1n) is 4.81. The molecule has 0 aromatic heterocycles. The van der Waals surface area contributed by atoms with Crippen LogP contribution >= 0.6 is 0 Å². The summed E-state index contributed by atoms with van der Waals surface area (Å²) in [6.07, 6.45) is -1.42. The van der Waals surface area contributed by atoms with Gasteiger partial charge < -0.3 is 20.4 Å². The second-order valence-electron chi connectivity index (χ2n) is 4.46. The summed E-state index contributed by atoms with van der Waals surface area (Å²) in [6, 6.07) is 0. The van der Waals surface area contributed by atoms with Crippen LogP contribution in [0.25, 0.3) is 0 Å². The quantitative estimate of drug-likeness (QED) is 0.427. The number of hydrogen-bond acceptors (Lipinski definition) is 5. The summed E-state index contributed by atoms with van der Waals surface area (Å²) in [5.41, 5.74) is -0.566. The van der Waals surface area contributed by atoms with Gasteiger partial charge in [0, 0.05) is 25.0 Å². The Balaban J connectivity index is 2.45. The third-order valence-electron chi connectivity index (χ3n) is 2.70. The van der Waals surface area contributed by atoms with Crippen LogP contribution in [0, 0.1) is 5.41 Å². The number of hydrogen-bond donors (Lipinski definition) is 4. The maximum Gasteiger partial charge on any atom is 0.0938 e. The van der Waals surface area contributed by atoms with Gasteiger partial charge in [-0.15, -0.1) is 0 Å². The van der Waals surface area contributed by atoms with Crippen LogP contribution < -0.4 is 0 Å². The lowest BCUT2D eigenvalue weighted by Crippen LogP contribution is -2.40. The first-order valence-corrected chi connectivity index (χ1v) is 4.81. The van der Waals surface area contributed by atoms with Crippen LogP contribution in [-0.4, -0.2) is 70.4 Å². The maximum atomic E-state index is 9.29. The van der Waals surface area contributed by atoms with Gasteiger partial charge >= 0.3 is 0 Å². The monoisotopic (exact) mass is 205 g/mol. The molecule has 5 nitrogen and oxygen atoms in total. The van der Waals surface area contributed by atoms with Crippen molar-refractivity contribution in [1.29, 1.82) is 0 Å². The largest absolute Gasteiger partial charge is 0.396 e. The van der Waals surface area contributed by atoms with Crippen LogP contribution in [-0.2, 0) is 0 Å². The summed E-state index contributed by atoms with van der Waals surface area (Å²) >= 11 is 0. The topological polar surface area (TPSA) is 84.2 Å². The molecule has 1 saturated heterocycles. The summed E-state index contributed by atoms with van der Waals surface area (Å²) in [5, 5.41) is 36.7. The van der Waals surface area contributed by atoms with Gasteiger partial charge in [0.2, 0.25) is 0 Å². The summed E-state index contributed by atoms with van der Waals surface area (Å²) in [7, 11) is 0. The highest BCUT2D eigenvalue weighted by atomic mass is 16.3. The van der Waals surface area contributed by atoms with E-state index in [1.807, 2.05) is 4.90 Å². The van der Waals surface area contributed by atoms with E-state index in [1.165, 1.54) is 0 Å². The molecule has 0 aromatic rings. The van der Waals surface area contributed by atoms with Gasteiger partial charge in [0.25, 0.3) is 0 Å². The first kappa shape index (κ1) is 11.9. The van der Waals surface area contributed by atoms with Gasteiger partial charge in [-0.3, -0.25) is 4.90 Å². The van der Waals surface area contributed by atoms with Gasteiger partial charge in [-0.05, 0) is 0 Å². The van der Waals surface area contributed by atoms with E-state index in [9.17, 15) is 10.2 Å². The van der Waals surface area contributed by atoms with Gasteiger partial charge in [0.15, 0.2) is 0 Å². The highest BCUT2D eigenvalue weighted by Gasteiger charge is 2.34. The lowest BCUT2D eigenvalue weighted by Gasteiger charge is -2.29. The van der Waals surface area contributed by atoms with Gasteiger partial charge in [0.1, 0.15) is 0 Å². The Hall–Kier alpha value is -0.200. The number of likely N-dealkylation sites (tertiary alicyclic amines) is 1. The molecule has 1 aliphatic heterocycles. The molecular weight excluding hydrogens is 186 g/mol. The molecule has 0 bridgehead atoms. The predicted molar refractivity (Wildman–Crippen MR) is 50.7 cm³/mol. The van der Waals surface area contributed by atoms with Crippen molar-refractivity contribution in [2.24, 2.45) is 5.41 Å². The number of aliphatic hydroxyl groups is 4. The first-order chi connectivity index (χ1) is 6.50. The lowest BCUT2D eigenvalue weighted by atomic mass is 9.92. The second-order valence-corrected chi connectivity index (χ2v) is 4.46. The van der Waals surface area contributed by atoms with Crippen molar-refractivity contribution < 1.29 is 20.4 Å². The summed E-state index contributed by atoms with van der Waals surface area (Å²) < 4.78 is 0. The third kappa shape index (κ3) is 2.65. The molecule has 14 heavy (non-hydrogen) atoms. The smallest absolute Gasteiger partial charge is 0.0938 e. The molecule has 0 radical (unpaired) electrons. The van der Waals surface area contributed by atoms with E-state index in [1.54, 1.807) is 6.92 Å². The molecule has 84 valence electrons. The zero-order valence-corrected chi connectivity index (χ0v) is 8.43. The number of β-amino-alcohol motifs (C(OH)–C–C–N with tert-alkyl or cyclic N) is 2. The molecule has 0 saturated carbocycles. The predicted octanol–water partition coefficient (Wildman–Crippen LogP) is -1.99. The van der Waals surface area contributed by atoms with E-state index in [0.717, 1.165) is 0 Å². The van der Waals surface area contributed by atoms with E-state index < -0.39 is 17.6 Å². The van der Waals surface area contributed by atoms with Crippen molar-refractivity contribution in [1.82, 2.24) is 4.90 Å². The fourth-order valence-corrected chi connectivity index (χ4v) is 1.67. The van der Waals surface area contributed by atoms with E-state index >= 15 is 0 Å². The molecule has 0 aliphatic carbocycles. The molecule has 0 aromatic carbocycles. The molecule has 2 atom stereocenters. The molecule has 4 N–H and O–H groups in total. The Bertz CT molecular complexity index is 174. The average molecular weight is 205 g/mol. The van der Waals surface area contributed by atoms with Crippen molar-refractivity contribution in [3.8, 4) is 0 Å². The van der Waals surface area contributed by atoms with E-state index in [2.05, 4.69) is 0 Å². The van der Waals surface area contributed by atoms with Gasteiger partial charge in [-0.1, -0.05) is 6.92 Å². The van der Waals surface area contributed by atoms with Gasteiger partial charge in [-0.25, -0.2) is 0 Å². The molecule has 2 unspecified atom stereocenters. The second kappa shape index (κ2) is 4.55. The van der Waals surface area contributed by atoms with Crippen LogP contribution in [0.5, 0.6) is 0 Å². The molecule has 0 amide bonds. The maximum absolute atomic E-state index is 9.29. The standard InChI is InChI=1S/C9H19NO4/c1-9(5-11,6-12)4-10-2-7(13)8(14)3-10/h7-8,11-14H,2-6H2,1H3. The van der Waals surface area contributed by atoms with Crippen LogP contribution in [0.4, 0.5) is 0 Å². The van der Waals surface area contributed by atoms with Gasteiger partial charge in [-0.2, -0.15) is 0 Å². The summed E-state index contributed by atoms with van der Waals surface area (Å²) in [6.45, 7) is 2.84. The Morgan fingerprint density at radius 2 is 1.57 bits per heavy atom. The fraction of sp³-hybridized carbons (Fsp3) is 1.00. The highest BCUT2D eigenvalue weighted by molar-refractivity contribution is 4.87. The molecule has 1 fully saturated rings. The van der Waals surface area contributed by atoms with Crippen molar-refractivity contribution in [2.75, 3.05) is 32.8 Å². The Labute approximate surface area is 83.6 Å². The van der Waals surface area contributed by atoms with Crippen molar-refractivity contribution >= 4 is 0 Å². The van der Waals surface area contributed by atoms with Gasteiger partial charge in [0.05, 0.1) is 25.4 Å². The number of nitrogens with zero attached hydrogens (tertiary/aromatic N) is 1. The molecule has 0 spiro atoms. The molecule has 5 heteroatoms. The van der Waals surface area contributed by atoms with E-state index in [-0.39, 0.29) is 13.2 Å². The zero-order chi connectivity index (χ0) is 10.8. The molecule has 1 rings (SSSR count). The minimum Gasteiger partial charge on any atom is -0.396 e. The van der Waals surface area contributed by atoms with Crippen molar-refractivity contribution in [3.05, 3.63) is 0 Å². The summed E-state index contributed by atoms with van der Waals surface area (Å²) in [5.74, 6) is 0. The average Bonchev–Trinajstić information content (AvgIpc) is 2.45. The number of rotatable bonds is 4. The van der Waals surface area contributed by atoms with Crippen molar-refractivity contribution in [3.63, 3.8) is 0 Å². The van der Waals surface area contributed by atoms with Crippen LogP contribution in [0.2, 0.25) is 0 Å². The van der Waals surface area contributed by atoms with Crippen LogP contribution in [0.15, 0.2) is 0 Å². The minimum absolute atomic E-state index is 0.105. The highest BCUT2D eigenvalue weighted by Crippen LogP contribution is 2.20. The normalized spacial score (nSPS) is 29.8. The Morgan fingerprint density at radius 1 is 1.14 bits per heavy atom. The van der Waals surface area contributed by atoms with Crippen LogP contribution in [0.3, 0.4) is 0 Å². The number of aliphatic hydroxyl groups excluding tert-OH is 4. The Morgan fingerprint density at radius 3 is 1.93 bits per heavy atom. The van der Waals surface area contributed by atoms with E-state index in [4.69, 9.17) is 10.2 Å². The fourth-order valence-electron chi connectivity index (χ4n) is 1.67.